The Morgan fingerprint density at radius 3 is 2.36 bits per heavy atom. The Hall–Kier alpha value is -3.24. The van der Waals surface area contributed by atoms with E-state index in [9.17, 15) is 13.2 Å². The van der Waals surface area contributed by atoms with Crippen molar-refractivity contribution in [1.82, 2.24) is 8.87 Å². The average molecular weight is 607 g/mol. The maximum atomic E-state index is 13.4. The summed E-state index contributed by atoms with van der Waals surface area (Å²) in [6, 6.07) is 19.4. The van der Waals surface area contributed by atoms with Crippen LogP contribution in [0.25, 0.3) is 28.1 Å². The van der Waals surface area contributed by atoms with Crippen molar-refractivity contribution in [2.75, 3.05) is 38.3 Å². The van der Waals surface area contributed by atoms with Crippen LogP contribution in [0.5, 0.6) is 0 Å². The number of halogens is 1. The molecule has 0 saturated carbocycles. The zero-order valence-electron chi connectivity index (χ0n) is 21.9. The number of anilines is 1. The molecule has 200 valence electrons. The molecular weight excluding hydrogens is 578 g/mol. The van der Waals surface area contributed by atoms with E-state index in [1.807, 2.05) is 25.1 Å². The molecule has 0 N–H and O–H groups in total. The number of nitrogens with zero attached hydrogens (tertiary/aromatic N) is 3. The Bertz CT molecular complexity index is 1790. The molecule has 0 radical (unpaired) electrons. The molecule has 2 aliphatic heterocycles. The van der Waals surface area contributed by atoms with E-state index in [0.29, 0.717) is 43.1 Å². The molecule has 1 fully saturated rings. The molecule has 3 aromatic carbocycles. The molecule has 1 saturated heterocycles. The van der Waals surface area contributed by atoms with Gasteiger partial charge < -0.3 is 14.2 Å². The predicted octanol–water partition coefficient (Wildman–Crippen LogP) is 5.55. The molecule has 9 heteroatoms. The Morgan fingerprint density at radius 1 is 0.923 bits per heavy atom. The van der Waals surface area contributed by atoms with Crippen LogP contribution in [-0.2, 0) is 19.6 Å². The van der Waals surface area contributed by atoms with Crippen molar-refractivity contribution in [3.63, 3.8) is 0 Å². The van der Waals surface area contributed by atoms with Gasteiger partial charge in [0.25, 0.3) is 5.91 Å². The third-order valence-electron chi connectivity index (χ3n) is 7.62. The summed E-state index contributed by atoms with van der Waals surface area (Å²) in [5.41, 5.74) is 5.79. The molecule has 0 aliphatic carbocycles. The van der Waals surface area contributed by atoms with Gasteiger partial charge in [0.15, 0.2) is 0 Å². The molecule has 0 spiro atoms. The summed E-state index contributed by atoms with van der Waals surface area (Å²) < 4.78 is 36.7. The van der Waals surface area contributed by atoms with E-state index in [4.69, 9.17) is 4.74 Å². The largest absolute Gasteiger partial charge is 0.379 e. The second-order valence-electron chi connectivity index (χ2n) is 9.89. The molecule has 0 bridgehead atoms. The first-order valence-corrected chi connectivity index (χ1v) is 15.0. The number of benzene rings is 3. The molecule has 1 amide bonds. The van der Waals surface area contributed by atoms with Gasteiger partial charge in [0.05, 0.1) is 29.5 Å². The van der Waals surface area contributed by atoms with Gasteiger partial charge >= 0.3 is 0 Å². The van der Waals surface area contributed by atoms with Crippen LogP contribution in [0.1, 0.15) is 22.5 Å². The van der Waals surface area contributed by atoms with E-state index in [1.165, 1.54) is 4.31 Å². The monoisotopic (exact) mass is 605 g/mol. The summed E-state index contributed by atoms with van der Waals surface area (Å²) in [7, 11) is -1.98. The van der Waals surface area contributed by atoms with Gasteiger partial charge in [-0.25, -0.2) is 8.42 Å². The first kappa shape index (κ1) is 26.0. The zero-order chi connectivity index (χ0) is 27.5. The normalized spacial score (nSPS) is 17.4. The minimum Gasteiger partial charge on any atom is -0.379 e. The molecule has 3 heterocycles. The number of sulfonamides is 1. The standard InChI is InChI=1S/C30H28BrN3O4S/c1-19-16-21(20(2)34(19)29-11-9-27(31)23-6-4-5-7-24(23)29)17-26-25-18-22(8-10-28(25)32(3)30(26)35)39(36,37)33-12-14-38-15-13-33/h4-11,16-18H,12-15H2,1-3H3. The van der Waals surface area contributed by atoms with Crippen molar-refractivity contribution in [2.24, 2.45) is 0 Å². The van der Waals surface area contributed by atoms with Crippen LogP contribution in [0.3, 0.4) is 0 Å². The lowest BCUT2D eigenvalue weighted by molar-refractivity contribution is -0.112. The van der Waals surface area contributed by atoms with Crippen LogP contribution < -0.4 is 4.90 Å². The van der Waals surface area contributed by atoms with E-state index in [-0.39, 0.29) is 10.8 Å². The molecule has 7 nitrogen and oxygen atoms in total. The quantitative estimate of drug-likeness (QED) is 0.286. The van der Waals surface area contributed by atoms with Crippen molar-refractivity contribution in [1.29, 1.82) is 0 Å². The van der Waals surface area contributed by atoms with Crippen molar-refractivity contribution in [3.8, 4) is 5.69 Å². The van der Waals surface area contributed by atoms with Gasteiger partial charge in [-0.2, -0.15) is 4.31 Å². The first-order chi connectivity index (χ1) is 18.7. The fourth-order valence-electron chi connectivity index (χ4n) is 5.57. The van der Waals surface area contributed by atoms with Crippen molar-refractivity contribution in [2.45, 2.75) is 18.7 Å². The lowest BCUT2D eigenvalue weighted by Crippen LogP contribution is -2.40. The third-order valence-corrected chi connectivity index (χ3v) is 10.2. The van der Waals surface area contributed by atoms with Crippen molar-refractivity contribution in [3.05, 3.63) is 87.7 Å². The van der Waals surface area contributed by atoms with Gasteiger partial charge in [-0.05, 0) is 67.3 Å². The number of ether oxygens (including phenoxy) is 1. The minimum absolute atomic E-state index is 0.162. The van der Waals surface area contributed by atoms with Crippen LogP contribution in [0.2, 0.25) is 0 Å². The van der Waals surface area contributed by atoms with Gasteiger partial charge in [0.2, 0.25) is 10.0 Å². The van der Waals surface area contributed by atoms with Crippen LogP contribution in [0.15, 0.2) is 70.0 Å². The number of carbonyl (C=O) groups excluding carboxylic acids is 1. The SMILES string of the molecule is Cc1cc(C=C2C(=O)N(C)c3ccc(S(=O)(=O)N4CCOCC4)cc32)c(C)n1-c1ccc(Br)c2ccccc12. The lowest BCUT2D eigenvalue weighted by Gasteiger charge is -2.26. The summed E-state index contributed by atoms with van der Waals surface area (Å²) in [6.07, 6.45) is 1.88. The maximum Gasteiger partial charge on any atom is 0.258 e. The Morgan fingerprint density at radius 2 is 1.62 bits per heavy atom. The number of carbonyl (C=O) groups is 1. The highest BCUT2D eigenvalue weighted by atomic mass is 79.9. The van der Waals surface area contributed by atoms with Crippen LogP contribution in [0.4, 0.5) is 5.69 Å². The van der Waals surface area contributed by atoms with E-state index < -0.39 is 10.0 Å². The Labute approximate surface area is 236 Å². The third kappa shape index (κ3) is 4.24. The predicted molar refractivity (Wildman–Crippen MR) is 158 cm³/mol. The van der Waals surface area contributed by atoms with Crippen molar-refractivity contribution < 1.29 is 17.9 Å². The Kier molecular flexibility index (Phi) is 6.50. The van der Waals surface area contributed by atoms with Gasteiger partial charge in [-0.15, -0.1) is 0 Å². The highest BCUT2D eigenvalue weighted by Crippen LogP contribution is 2.40. The highest BCUT2D eigenvalue weighted by molar-refractivity contribution is 9.10. The van der Waals surface area contributed by atoms with Crippen LogP contribution >= 0.6 is 15.9 Å². The topological polar surface area (TPSA) is 71.8 Å². The number of morpholine rings is 1. The number of hydrogen-bond acceptors (Lipinski definition) is 4. The highest BCUT2D eigenvalue weighted by Gasteiger charge is 2.33. The fourth-order valence-corrected chi connectivity index (χ4v) is 7.48. The smallest absolute Gasteiger partial charge is 0.258 e. The number of fused-ring (bicyclic) bond motifs is 2. The number of amides is 1. The minimum atomic E-state index is -3.70. The second kappa shape index (κ2) is 9.75. The van der Waals surface area contributed by atoms with E-state index in [0.717, 1.165) is 37.9 Å². The fraction of sp³-hybridized carbons (Fsp3) is 0.233. The number of likely N-dealkylation sites (N-methyl/N-ethyl adjacent to an activating group) is 1. The van der Waals surface area contributed by atoms with Gasteiger partial charge in [0, 0.05) is 52.5 Å². The maximum absolute atomic E-state index is 13.4. The summed E-state index contributed by atoms with van der Waals surface area (Å²) >= 11 is 3.66. The first-order valence-electron chi connectivity index (χ1n) is 12.8. The number of rotatable bonds is 4. The Balaban J connectivity index is 1.46. The summed E-state index contributed by atoms with van der Waals surface area (Å²) in [6.45, 7) is 5.48. The van der Waals surface area contributed by atoms with E-state index in [1.54, 1.807) is 30.1 Å². The molecular formula is C30H28BrN3O4S. The summed E-state index contributed by atoms with van der Waals surface area (Å²) in [5, 5.41) is 2.24. The van der Waals surface area contributed by atoms with Gasteiger partial charge in [0.1, 0.15) is 0 Å². The number of aryl methyl sites for hydroxylation is 1. The zero-order valence-corrected chi connectivity index (χ0v) is 24.3. The molecule has 6 rings (SSSR count). The van der Waals surface area contributed by atoms with E-state index in [2.05, 4.69) is 57.8 Å². The van der Waals surface area contributed by atoms with Gasteiger partial charge in [-0.1, -0.05) is 40.2 Å². The van der Waals surface area contributed by atoms with Gasteiger partial charge in [-0.3, -0.25) is 4.79 Å². The molecule has 4 aromatic rings. The number of aromatic nitrogens is 1. The summed E-state index contributed by atoms with van der Waals surface area (Å²) in [4.78, 5) is 15.1. The molecule has 2 aliphatic rings. The molecule has 0 unspecified atom stereocenters. The average Bonchev–Trinajstić information content (AvgIpc) is 3.36. The summed E-state index contributed by atoms with van der Waals surface area (Å²) in [5.74, 6) is -0.162. The lowest BCUT2D eigenvalue weighted by atomic mass is 10.0. The second-order valence-corrected chi connectivity index (χ2v) is 12.7. The van der Waals surface area contributed by atoms with E-state index >= 15 is 0 Å². The molecule has 0 atom stereocenters. The van der Waals surface area contributed by atoms with Crippen LogP contribution in [-0.4, -0.2) is 56.5 Å². The number of hydrogen-bond donors (Lipinski definition) is 0. The molecule has 1 aromatic heterocycles. The van der Waals surface area contributed by atoms with Crippen LogP contribution in [0, 0.1) is 13.8 Å². The molecule has 39 heavy (non-hydrogen) atoms. The van der Waals surface area contributed by atoms with Crippen molar-refractivity contribution >= 4 is 60.0 Å².